The van der Waals surface area contributed by atoms with Crippen LogP contribution < -0.4 is 4.74 Å². The van der Waals surface area contributed by atoms with E-state index >= 15 is 0 Å². The van der Waals surface area contributed by atoms with E-state index in [1.54, 1.807) is 0 Å². The molecule has 0 atom stereocenters. The van der Waals surface area contributed by atoms with Gasteiger partial charge in [0, 0.05) is 17.4 Å². The Balaban J connectivity index is 1.97. The molecule has 0 heterocycles. The molecule has 0 aromatic heterocycles. The lowest BCUT2D eigenvalue weighted by Crippen LogP contribution is -2.29. The van der Waals surface area contributed by atoms with E-state index in [0.29, 0.717) is 29.9 Å². The highest BCUT2D eigenvalue weighted by molar-refractivity contribution is 6.05. The number of benzene rings is 2. The first-order valence-electron chi connectivity index (χ1n) is 14.2. The van der Waals surface area contributed by atoms with Crippen LogP contribution in [0.1, 0.15) is 83.3 Å². The summed E-state index contributed by atoms with van der Waals surface area (Å²) in [6.07, 6.45) is 9.85. The van der Waals surface area contributed by atoms with Gasteiger partial charge in [-0.1, -0.05) is 88.1 Å². The van der Waals surface area contributed by atoms with Crippen LogP contribution in [0, 0.1) is 16.7 Å². The normalized spacial score (nSPS) is 11.7. The Kier molecular flexibility index (Phi) is 14.3. The molecule has 2 aromatic carbocycles. The van der Waals surface area contributed by atoms with Gasteiger partial charge in [-0.3, -0.25) is 4.79 Å². The smallest absolute Gasteiger partial charge is 0.349 e. The van der Waals surface area contributed by atoms with E-state index in [2.05, 4.69) is 12.6 Å². The largest absolute Gasteiger partial charge is 0.494 e. The summed E-state index contributed by atoms with van der Waals surface area (Å²) in [6.45, 7) is 10.0. The number of nitriles is 1. The minimum Gasteiger partial charge on any atom is -0.494 e. The first kappa shape index (κ1) is 32.4. The quantitative estimate of drug-likeness (QED) is 0.0624. The molecule has 0 aliphatic carbocycles. The van der Waals surface area contributed by atoms with Crippen molar-refractivity contribution in [2.75, 3.05) is 19.8 Å². The number of esters is 2. The Bertz CT molecular complexity index is 1140. The second-order valence-electron chi connectivity index (χ2n) is 10.5. The molecule has 0 aliphatic rings. The maximum Gasteiger partial charge on any atom is 0.349 e. The molecule has 0 spiro atoms. The average molecular weight is 546 g/mol. The second-order valence-corrected chi connectivity index (χ2v) is 10.5. The molecule has 0 fully saturated rings. The number of ether oxygens (including phenoxy) is 3. The van der Waals surface area contributed by atoms with Crippen molar-refractivity contribution < 1.29 is 23.8 Å². The highest BCUT2D eigenvalue weighted by Gasteiger charge is 2.26. The van der Waals surface area contributed by atoms with E-state index in [0.717, 1.165) is 31.2 Å². The van der Waals surface area contributed by atoms with Gasteiger partial charge in [0.05, 0.1) is 13.2 Å². The predicted octanol–water partition coefficient (Wildman–Crippen LogP) is 7.83. The van der Waals surface area contributed by atoms with Crippen LogP contribution in [0.4, 0.5) is 0 Å². The third-order valence-electron chi connectivity index (χ3n) is 6.34. The fraction of sp³-hybridized carbons (Fsp3) is 0.441. The lowest BCUT2D eigenvalue weighted by molar-refractivity contribution is -0.150. The summed E-state index contributed by atoms with van der Waals surface area (Å²) >= 11 is 0. The van der Waals surface area contributed by atoms with E-state index in [1.165, 1.54) is 19.3 Å². The molecule has 0 amide bonds. The zero-order chi connectivity index (χ0) is 29.2. The molecule has 0 radical (unpaired) electrons. The highest BCUT2D eigenvalue weighted by Crippen LogP contribution is 2.29. The van der Waals surface area contributed by atoms with E-state index in [4.69, 9.17) is 14.2 Å². The van der Waals surface area contributed by atoms with Crippen LogP contribution in [0.2, 0.25) is 0 Å². The molecule has 214 valence electrons. The van der Waals surface area contributed by atoms with E-state index in [1.807, 2.05) is 81.4 Å². The van der Waals surface area contributed by atoms with Gasteiger partial charge in [0.1, 0.15) is 24.0 Å². The van der Waals surface area contributed by atoms with Crippen LogP contribution in [0.15, 0.2) is 72.8 Å². The van der Waals surface area contributed by atoms with E-state index < -0.39 is 11.4 Å². The van der Waals surface area contributed by atoms with E-state index in [-0.39, 0.29) is 24.8 Å². The number of hydrogen-bond acceptors (Lipinski definition) is 6. The fourth-order valence-corrected chi connectivity index (χ4v) is 4.14. The minimum absolute atomic E-state index is 0.000347. The van der Waals surface area contributed by atoms with Crippen molar-refractivity contribution in [2.45, 2.75) is 72.1 Å². The molecule has 6 nitrogen and oxygen atoms in total. The van der Waals surface area contributed by atoms with Crippen LogP contribution in [-0.4, -0.2) is 31.8 Å². The topological polar surface area (TPSA) is 85.6 Å². The molecule has 6 heteroatoms. The summed E-state index contributed by atoms with van der Waals surface area (Å²) in [5, 5.41) is 10.0. The molecule has 2 rings (SSSR count). The summed E-state index contributed by atoms with van der Waals surface area (Å²) in [4.78, 5) is 25.4. The number of allylic oxidation sites excluding steroid dienone is 1. The van der Waals surface area contributed by atoms with Crippen LogP contribution >= 0.6 is 0 Å². The molecular weight excluding hydrogens is 502 g/mol. The first-order valence-corrected chi connectivity index (χ1v) is 14.2. The van der Waals surface area contributed by atoms with Gasteiger partial charge >= 0.3 is 11.9 Å². The second kappa shape index (κ2) is 17.7. The number of unbranched alkanes of at least 4 members (excludes halogenated alkanes) is 6. The minimum atomic E-state index is -0.720. The standard InChI is InChI=1S/C34H43NO5/c1-5-7-8-9-10-11-12-16-19-31(36)39-25-34(3,4)26-40-33(37)30(24-35)32(27-17-14-13-15-18-27)28-20-22-29(23-21-28)38-6-2/h5,13-15,17-18,20-23H,1,6-12,16,19,25-26H2,2-4H3/b32-30+. The van der Waals surface area contributed by atoms with Gasteiger partial charge in [-0.15, -0.1) is 6.58 Å². The Morgan fingerprint density at radius 3 is 2.10 bits per heavy atom. The Hall–Kier alpha value is -3.85. The molecule has 0 saturated carbocycles. The molecule has 40 heavy (non-hydrogen) atoms. The lowest BCUT2D eigenvalue weighted by Gasteiger charge is -2.24. The Morgan fingerprint density at radius 1 is 0.875 bits per heavy atom. The van der Waals surface area contributed by atoms with Gasteiger partial charge in [-0.25, -0.2) is 4.79 Å². The van der Waals surface area contributed by atoms with Crippen molar-refractivity contribution >= 4 is 17.5 Å². The van der Waals surface area contributed by atoms with Crippen LogP contribution in [0.25, 0.3) is 5.57 Å². The van der Waals surface area contributed by atoms with Crippen molar-refractivity contribution in [3.63, 3.8) is 0 Å². The van der Waals surface area contributed by atoms with Crippen molar-refractivity contribution in [3.8, 4) is 11.8 Å². The third-order valence-corrected chi connectivity index (χ3v) is 6.34. The zero-order valence-corrected chi connectivity index (χ0v) is 24.2. The molecule has 0 saturated heterocycles. The Labute approximate surface area is 239 Å². The number of nitrogens with zero attached hydrogens (tertiary/aromatic N) is 1. The van der Waals surface area contributed by atoms with Crippen molar-refractivity contribution in [1.82, 2.24) is 0 Å². The lowest BCUT2D eigenvalue weighted by atomic mass is 9.93. The van der Waals surface area contributed by atoms with Crippen LogP contribution in [-0.2, 0) is 19.1 Å². The van der Waals surface area contributed by atoms with Crippen LogP contribution in [0.3, 0.4) is 0 Å². The van der Waals surface area contributed by atoms with Gasteiger partial charge in [0.25, 0.3) is 0 Å². The molecule has 0 unspecified atom stereocenters. The highest BCUT2D eigenvalue weighted by atomic mass is 16.5. The average Bonchev–Trinajstić information content (AvgIpc) is 2.96. The van der Waals surface area contributed by atoms with Gasteiger partial charge in [0.15, 0.2) is 0 Å². The summed E-state index contributed by atoms with van der Waals surface area (Å²) in [5.74, 6) is -0.261. The predicted molar refractivity (Wildman–Crippen MR) is 159 cm³/mol. The van der Waals surface area contributed by atoms with Gasteiger partial charge < -0.3 is 14.2 Å². The zero-order valence-electron chi connectivity index (χ0n) is 24.2. The SMILES string of the molecule is C=CCCCCCCCCC(=O)OCC(C)(C)COC(=O)/C(C#N)=C(\c1ccccc1)c1ccc(OCC)cc1. The third kappa shape index (κ3) is 11.5. The molecule has 0 bridgehead atoms. The summed E-state index contributed by atoms with van der Waals surface area (Å²) < 4.78 is 16.6. The number of rotatable bonds is 18. The van der Waals surface area contributed by atoms with Crippen molar-refractivity contribution in [1.29, 1.82) is 5.26 Å². The van der Waals surface area contributed by atoms with Crippen LogP contribution in [0.5, 0.6) is 5.75 Å². The van der Waals surface area contributed by atoms with Gasteiger partial charge in [-0.05, 0) is 49.4 Å². The van der Waals surface area contributed by atoms with Gasteiger partial charge in [0.2, 0.25) is 0 Å². The monoisotopic (exact) mass is 545 g/mol. The van der Waals surface area contributed by atoms with Crippen molar-refractivity contribution in [2.24, 2.45) is 5.41 Å². The number of hydrogen-bond donors (Lipinski definition) is 0. The molecule has 2 aromatic rings. The summed E-state index contributed by atoms with van der Waals surface area (Å²) in [5.41, 5.74) is 1.22. The maximum absolute atomic E-state index is 13.2. The summed E-state index contributed by atoms with van der Waals surface area (Å²) in [7, 11) is 0. The molecule has 0 N–H and O–H groups in total. The number of carbonyl (C=O) groups is 2. The molecule has 0 aliphatic heterocycles. The van der Waals surface area contributed by atoms with E-state index in [9.17, 15) is 14.9 Å². The Morgan fingerprint density at radius 2 is 1.48 bits per heavy atom. The first-order chi connectivity index (χ1) is 19.3. The summed E-state index contributed by atoms with van der Waals surface area (Å²) in [6, 6.07) is 18.6. The maximum atomic E-state index is 13.2. The number of carbonyl (C=O) groups excluding carboxylic acids is 2. The van der Waals surface area contributed by atoms with Crippen molar-refractivity contribution in [3.05, 3.63) is 84.0 Å². The molecular formula is C34H43NO5. The fourth-order valence-electron chi connectivity index (χ4n) is 4.14. The van der Waals surface area contributed by atoms with Gasteiger partial charge in [-0.2, -0.15) is 5.26 Å².